The van der Waals surface area contributed by atoms with Crippen molar-refractivity contribution in [1.29, 1.82) is 0 Å². The Hall–Kier alpha value is -1.59. The second-order valence-electron chi connectivity index (χ2n) is 6.05. The van der Waals surface area contributed by atoms with Crippen molar-refractivity contribution in [3.63, 3.8) is 0 Å². The van der Waals surface area contributed by atoms with Gasteiger partial charge in [-0.05, 0) is 37.8 Å². The topological polar surface area (TPSA) is 78.4 Å². The Morgan fingerprint density at radius 2 is 1.91 bits per heavy atom. The molecule has 0 unspecified atom stereocenters. The van der Waals surface area contributed by atoms with E-state index >= 15 is 0 Å². The van der Waals surface area contributed by atoms with Gasteiger partial charge in [0.2, 0.25) is 0 Å². The molecule has 0 bridgehead atoms. The third kappa shape index (κ3) is 6.45. The van der Waals surface area contributed by atoms with Crippen LogP contribution in [0.2, 0.25) is 5.02 Å². The van der Waals surface area contributed by atoms with Gasteiger partial charge in [-0.1, -0.05) is 37.6 Å². The van der Waals surface area contributed by atoms with Crippen molar-refractivity contribution in [3.05, 3.63) is 29.3 Å². The quantitative estimate of drug-likeness (QED) is 0.703. The second-order valence-corrected chi connectivity index (χ2v) is 6.45. The highest BCUT2D eigenvalue weighted by Crippen LogP contribution is 2.20. The Labute approximate surface area is 136 Å². The highest BCUT2D eigenvalue weighted by molar-refractivity contribution is 6.41. The molecule has 5 nitrogen and oxygen atoms in total. The van der Waals surface area contributed by atoms with Crippen molar-refractivity contribution < 1.29 is 14.7 Å². The van der Waals surface area contributed by atoms with Gasteiger partial charge in [0.1, 0.15) is 0 Å². The molecule has 0 aromatic heterocycles. The van der Waals surface area contributed by atoms with E-state index in [1.54, 1.807) is 31.2 Å². The number of amides is 2. The summed E-state index contributed by atoms with van der Waals surface area (Å²) in [6.45, 7) is 5.79. The van der Waals surface area contributed by atoms with Crippen molar-refractivity contribution >= 4 is 29.1 Å². The maximum atomic E-state index is 11.8. The van der Waals surface area contributed by atoms with Gasteiger partial charge in [-0.3, -0.25) is 9.59 Å². The monoisotopic (exact) mass is 326 g/mol. The lowest BCUT2D eigenvalue weighted by atomic mass is 9.95. The smallest absolute Gasteiger partial charge is 0.313 e. The van der Waals surface area contributed by atoms with Crippen LogP contribution < -0.4 is 10.6 Å². The maximum Gasteiger partial charge on any atom is 0.313 e. The molecular weight excluding hydrogens is 304 g/mol. The lowest BCUT2D eigenvalue weighted by molar-refractivity contribution is -0.136. The zero-order valence-corrected chi connectivity index (χ0v) is 13.9. The van der Waals surface area contributed by atoms with Gasteiger partial charge in [-0.15, -0.1) is 0 Å². The van der Waals surface area contributed by atoms with Crippen LogP contribution in [0.1, 0.15) is 33.6 Å². The summed E-state index contributed by atoms with van der Waals surface area (Å²) in [4.78, 5) is 23.6. The van der Waals surface area contributed by atoms with Gasteiger partial charge in [-0.25, -0.2) is 0 Å². The number of hydrogen-bond donors (Lipinski definition) is 3. The van der Waals surface area contributed by atoms with Gasteiger partial charge in [-0.2, -0.15) is 0 Å². The van der Waals surface area contributed by atoms with Crippen LogP contribution in [-0.2, 0) is 9.59 Å². The number of carbonyl (C=O) groups is 2. The van der Waals surface area contributed by atoms with Crippen LogP contribution in [0.15, 0.2) is 24.3 Å². The SMILES string of the molecule is CC(C)CC[C@@](C)(O)CNC(=O)C(=O)Nc1ccccc1Cl. The lowest BCUT2D eigenvalue weighted by Gasteiger charge is -2.24. The molecule has 1 rings (SSSR count). The molecular formula is C16H23ClN2O3. The molecule has 0 fully saturated rings. The molecule has 1 atom stereocenters. The first-order chi connectivity index (χ1) is 10.2. The minimum absolute atomic E-state index is 0.0223. The maximum absolute atomic E-state index is 11.8. The first kappa shape index (κ1) is 18.5. The van der Waals surface area contributed by atoms with Gasteiger partial charge in [0.15, 0.2) is 0 Å². The van der Waals surface area contributed by atoms with E-state index in [4.69, 9.17) is 11.6 Å². The van der Waals surface area contributed by atoms with Crippen LogP contribution in [0.4, 0.5) is 5.69 Å². The molecule has 0 aliphatic carbocycles. The summed E-state index contributed by atoms with van der Waals surface area (Å²) >= 11 is 5.91. The third-order valence-electron chi connectivity index (χ3n) is 3.22. The fourth-order valence-electron chi connectivity index (χ4n) is 1.78. The molecule has 0 aliphatic heterocycles. The van der Waals surface area contributed by atoms with Crippen molar-refractivity contribution in [2.75, 3.05) is 11.9 Å². The summed E-state index contributed by atoms with van der Waals surface area (Å²) in [7, 11) is 0. The highest BCUT2D eigenvalue weighted by atomic mass is 35.5. The minimum Gasteiger partial charge on any atom is -0.388 e. The van der Waals surface area contributed by atoms with E-state index in [1.807, 2.05) is 0 Å². The number of halogens is 1. The lowest BCUT2D eigenvalue weighted by Crippen LogP contribution is -2.44. The number of anilines is 1. The average molecular weight is 327 g/mol. The van der Waals surface area contributed by atoms with Crippen molar-refractivity contribution in [1.82, 2.24) is 5.32 Å². The van der Waals surface area contributed by atoms with Gasteiger partial charge in [0, 0.05) is 6.54 Å². The van der Waals surface area contributed by atoms with Crippen LogP contribution in [0.5, 0.6) is 0 Å². The standard InChI is InChI=1S/C16H23ClN2O3/c1-11(2)8-9-16(3,22)10-18-14(20)15(21)19-13-7-5-4-6-12(13)17/h4-7,11,22H,8-10H2,1-3H3,(H,18,20)(H,19,21)/t16-/m1/s1. The van der Waals surface area contributed by atoms with E-state index < -0.39 is 17.4 Å². The number of rotatable bonds is 6. The molecule has 0 saturated heterocycles. The average Bonchev–Trinajstić information content (AvgIpc) is 2.45. The number of nitrogens with one attached hydrogen (secondary N) is 2. The summed E-state index contributed by atoms with van der Waals surface area (Å²) in [5, 5.41) is 15.4. The zero-order valence-electron chi connectivity index (χ0n) is 13.1. The van der Waals surface area contributed by atoms with E-state index in [-0.39, 0.29) is 6.54 Å². The fourth-order valence-corrected chi connectivity index (χ4v) is 1.96. The van der Waals surface area contributed by atoms with E-state index in [1.165, 1.54) is 0 Å². The van der Waals surface area contributed by atoms with Gasteiger partial charge < -0.3 is 15.7 Å². The molecule has 0 spiro atoms. The Bertz CT molecular complexity index is 530. The molecule has 0 aliphatic rings. The van der Waals surface area contributed by atoms with E-state index in [0.29, 0.717) is 23.0 Å². The fraction of sp³-hybridized carbons (Fsp3) is 0.500. The molecule has 3 N–H and O–H groups in total. The summed E-state index contributed by atoms with van der Waals surface area (Å²) in [5.41, 5.74) is -0.666. The minimum atomic E-state index is -1.04. The van der Waals surface area contributed by atoms with Crippen molar-refractivity contribution in [2.45, 2.75) is 39.2 Å². The van der Waals surface area contributed by atoms with Crippen molar-refractivity contribution in [3.8, 4) is 0 Å². The normalized spacial score (nSPS) is 13.5. The van der Waals surface area contributed by atoms with Crippen LogP contribution in [0, 0.1) is 5.92 Å². The zero-order chi connectivity index (χ0) is 16.8. The Morgan fingerprint density at radius 3 is 2.50 bits per heavy atom. The van der Waals surface area contributed by atoms with Crippen LogP contribution >= 0.6 is 11.6 Å². The van der Waals surface area contributed by atoms with Gasteiger partial charge >= 0.3 is 11.8 Å². The molecule has 0 saturated carbocycles. The number of aliphatic hydroxyl groups is 1. The molecule has 22 heavy (non-hydrogen) atoms. The van der Waals surface area contributed by atoms with E-state index in [2.05, 4.69) is 24.5 Å². The predicted octanol–water partition coefficient (Wildman–Crippen LogP) is 2.58. The number of para-hydroxylation sites is 1. The molecule has 0 radical (unpaired) electrons. The Morgan fingerprint density at radius 1 is 1.27 bits per heavy atom. The summed E-state index contributed by atoms with van der Waals surface area (Å²) in [6.07, 6.45) is 1.39. The molecule has 0 heterocycles. The number of hydrogen-bond acceptors (Lipinski definition) is 3. The summed E-state index contributed by atoms with van der Waals surface area (Å²) < 4.78 is 0. The van der Waals surface area contributed by atoms with Gasteiger partial charge in [0.25, 0.3) is 0 Å². The van der Waals surface area contributed by atoms with Crippen LogP contribution in [-0.4, -0.2) is 29.1 Å². The first-order valence-electron chi connectivity index (χ1n) is 7.27. The molecule has 122 valence electrons. The van der Waals surface area contributed by atoms with Crippen LogP contribution in [0.3, 0.4) is 0 Å². The first-order valence-corrected chi connectivity index (χ1v) is 7.65. The second kappa shape index (κ2) is 8.15. The molecule has 6 heteroatoms. The Kier molecular flexibility index (Phi) is 6.84. The molecule has 2 amide bonds. The third-order valence-corrected chi connectivity index (χ3v) is 3.55. The van der Waals surface area contributed by atoms with E-state index in [0.717, 1.165) is 6.42 Å². The molecule has 1 aromatic rings. The van der Waals surface area contributed by atoms with Crippen LogP contribution in [0.25, 0.3) is 0 Å². The van der Waals surface area contributed by atoms with Crippen molar-refractivity contribution in [2.24, 2.45) is 5.92 Å². The number of benzene rings is 1. The number of carbonyl (C=O) groups excluding carboxylic acids is 2. The molecule has 1 aromatic carbocycles. The summed E-state index contributed by atoms with van der Waals surface area (Å²) in [5.74, 6) is -1.15. The largest absolute Gasteiger partial charge is 0.388 e. The highest BCUT2D eigenvalue weighted by Gasteiger charge is 2.23. The predicted molar refractivity (Wildman–Crippen MR) is 87.8 cm³/mol. The summed E-state index contributed by atoms with van der Waals surface area (Å²) in [6, 6.07) is 6.65. The van der Waals surface area contributed by atoms with E-state index in [9.17, 15) is 14.7 Å². The Balaban J connectivity index is 2.48. The van der Waals surface area contributed by atoms with Gasteiger partial charge in [0.05, 0.1) is 16.3 Å².